The van der Waals surface area contributed by atoms with Crippen molar-refractivity contribution in [1.82, 2.24) is 4.72 Å². The van der Waals surface area contributed by atoms with Crippen LogP contribution in [0.4, 0.5) is 0 Å². The Morgan fingerprint density at radius 1 is 1.10 bits per heavy atom. The topological polar surface area (TPSA) is 73.8 Å². The lowest BCUT2D eigenvalue weighted by Gasteiger charge is -2.09. The summed E-state index contributed by atoms with van der Waals surface area (Å²) in [7, 11) is -3.51. The van der Waals surface area contributed by atoms with Crippen LogP contribution in [0, 0.1) is 0 Å². The molecule has 0 unspecified atom stereocenters. The Labute approximate surface area is 129 Å². The zero-order valence-electron chi connectivity index (χ0n) is 10.8. The molecule has 7 heteroatoms. The van der Waals surface area contributed by atoms with E-state index in [0.29, 0.717) is 29.9 Å². The van der Waals surface area contributed by atoms with E-state index in [-0.39, 0.29) is 17.3 Å². The number of benzene rings is 2. The maximum atomic E-state index is 12.3. The zero-order valence-corrected chi connectivity index (χ0v) is 13.1. The van der Waals surface area contributed by atoms with E-state index in [1.165, 1.54) is 0 Å². The Morgan fingerprint density at radius 3 is 2.45 bits per heavy atom. The van der Waals surface area contributed by atoms with E-state index in [4.69, 9.17) is 11.6 Å². The van der Waals surface area contributed by atoms with Gasteiger partial charge in [-0.3, -0.25) is 0 Å². The predicted octanol–water partition coefficient (Wildman–Crippen LogP) is -1.59. The largest absolute Gasteiger partial charge is 1.00 e. The van der Waals surface area contributed by atoms with Gasteiger partial charge in [0.1, 0.15) is 0 Å². The first kappa shape index (κ1) is 17.2. The van der Waals surface area contributed by atoms with E-state index in [9.17, 15) is 8.42 Å². The third-order valence-corrected chi connectivity index (χ3v) is 4.69. The van der Waals surface area contributed by atoms with Crippen molar-refractivity contribution in [1.29, 1.82) is 0 Å². The fraction of sp³-hybridized carbons (Fsp3) is 0.231. The number of halogens is 2. The zero-order chi connectivity index (χ0) is 13.9. The highest BCUT2D eigenvalue weighted by Gasteiger charge is 2.17. The van der Waals surface area contributed by atoms with Crippen LogP contribution in [-0.2, 0) is 10.0 Å². The molecule has 0 amide bonds. The SMILES string of the molecule is [Cl-].[NH3+]CCCNS(=O)(=O)c1cccc2c(Cl)cccc12. The molecule has 2 rings (SSSR count). The summed E-state index contributed by atoms with van der Waals surface area (Å²) in [5.74, 6) is 0. The minimum atomic E-state index is -3.51. The third-order valence-electron chi connectivity index (χ3n) is 2.84. The van der Waals surface area contributed by atoms with Crippen LogP contribution in [0.2, 0.25) is 5.02 Å². The summed E-state index contributed by atoms with van der Waals surface area (Å²) in [6, 6.07) is 10.4. The molecule has 20 heavy (non-hydrogen) atoms. The van der Waals surface area contributed by atoms with Gasteiger partial charge >= 0.3 is 0 Å². The lowest BCUT2D eigenvalue weighted by molar-refractivity contribution is -0.367. The second-order valence-corrected chi connectivity index (χ2v) is 6.34. The van der Waals surface area contributed by atoms with E-state index in [0.717, 1.165) is 5.39 Å². The molecule has 0 fully saturated rings. The summed E-state index contributed by atoms with van der Waals surface area (Å²) in [5, 5.41) is 1.92. The van der Waals surface area contributed by atoms with Crippen molar-refractivity contribution in [2.24, 2.45) is 0 Å². The Hall–Kier alpha value is -0.850. The van der Waals surface area contributed by atoms with Gasteiger partial charge in [-0.2, -0.15) is 0 Å². The van der Waals surface area contributed by atoms with Gasteiger partial charge < -0.3 is 18.1 Å². The fourth-order valence-corrected chi connectivity index (χ4v) is 3.42. The van der Waals surface area contributed by atoms with Gasteiger partial charge in [0.05, 0.1) is 11.4 Å². The van der Waals surface area contributed by atoms with Crippen molar-refractivity contribution in [3.05, 3.63) is 41.4 Å². The van der Waals surface area contributed by atoms with E-state index in [2.05, 4.69) is 10.5 Å². The monoisotopic (exact) mass is 334 g/mol. The molecule has 0 aromatic heterocycles. The number of rotatable bonds is 5. The summed E-state index contributed by atoms with van der Waals surface area (Å²) in [6.45, 7) is 1.09. The Balaban J connectivity index is 0.00000200. The van der Waals surface area contributed by atoms with Crippen LogP contribution < -0.4 is 22.9 Å². The van der Waals surface area contributed by atoms with Crippen molar-refractivity contribution in [2.45, 2.75) is 11.3 Å². The first-order valence-corrected chi connectivity index (χ1v) is 7.88. The van der Waals surface area contributed by atoms with Gasteiger partial charge in [-0.15, -0.1) is 0 Å². The highest BCUT2D eigenvalue weighted by molar-refractivity contribution is 7.89. The summed E-state index contributed by atoms with van der Waals surface area (Å²) in [5.41, 5.74) is 3.69. The van der Waals surface area contributed by atoms with Crippen LogP contribution in [0.5, 0.6) is 0 Å². The summed E-state index contributed by atoms with van der Waals surface area (Å²) < 4.78 is 27.1. The Bertz CT molecular complexity index is 690. The van der Waals surface area contributed by atoms with E-state index < -0.39 is 10.0 Å². The van der Waals surface area contributed by atoms with Crippen LogP contribution in [0.1, 0.15) is 6.42 Å². The molecule has 0 saturated carbocycles. The molecular formula is C13H16Cl2N2O2S. The molecule has 0 atom stereocenters. The summed E-state index contributed by atoms with van der Waals surface area (Å²) in [6.07, 6.45) is 0.713. The lowest BCUT2D eigenvalue weighted by atomic mass is 10.1. The van der Waals surface area contributed by atoms with Crippen LogP contribution >= 0.6 is 11.6 Å². The van der Waals surface area contributed by atoms with Crippen molar-refractivity contribution in [3.63, 3.8) is 0 Å². The van der Waals surface area contributed by atoms with Crippen LogP contribution in [0.3, 0.4) is 0 Å². The molecule has 0 aliphatic carbocycles. The third kappa shape index (κ3) is 3.62. The lowest BCUT2D eigenvalue weighted by Crippen LogP contribution is -3.00. The molecule has 4 N–H and O–H groups in total. The Kier molecular flexibility index (Phi) is 6.23. The van der Waals surface area contributed by atoms with Crippen molar-refractivity contribution < 1.29 is 26.6 Å². The first-order valence-electron chi connectivity index (χ1n) is 6.02. The molecular weight excluding hydrogens is 319 g/mol. The average Bonchev–Trinajstić information content (AvgIpc) is 2.39. The molecule has 0 saturated heterocycles. The molecule has 110 valence electrons. The van der Waals surface area contributed by atoms with Gasteiger partial charge in [0, 0.05) is 28.8 Å². The normalized spacial score (nSPS) is 11.3. The molecule has 0 spiro atoms. The highest BCUT2D eigenvalue weighted by atomic mass is 35.5. The van der Waals surface area contributed by atoms with Gasteiger partial charge in [-0.25, -0.2) is 13.1 Å². The predicted molar refractivity (Wildman–Crippen MR) is 76.5 cm³/mol. The summed E-state index contributed by atoms with van der Waals surface area (Å²) in [4.78, 5) is 0.261. The molecule has 2 aromatic carbocycles. The van der Waals surface area contributed by atoms with Gasteiger partial charge in [-0.1, -0.05) is 35.9 Å². The molecule has 0 aliphatic heterocycles. The highest BCUT2D eigenvalue weighted by Crippen LogP contribution is 2.28. The van der Waals surface area contributed by atoms with E-state index in [1.807, 2.05) is 6.07 Å². The van der Waals surface area contributed by atoms with Crippen molar-refractivity contribution >= 4 is 32.4 Å². The number of sulfonamides is 1. The molecule has 4 nitrogen and oxygen atoms in total. The van der Waals surface area contributed by atoms with Crippen LogP contribution in [0.25, 0.3) is 10.8 Å². The molecule has 2 aromatic rings. The first-order chi connectivity index (χ1) is 9.06. The smallest absolute Gasteiger partial charge is 0.241 e. The maximum absolute atomic E-state index is 12.3. The number of fused-ring (bicyclic) bond motifs is 1. The van der Waals surface area contributed by atoms with Gasteiger partial charge in [0.2, 0.25) is 10.0 Å². The number of hydrogen-bond donors (Lipinski definition) is 2. The Morgan fingerprint density at radius 2 is 1.75 bits per heavy atom. The minimum absolute atomic E-state index is 0. The summed E-state index contributed by atoms with van der Waals surface area (Å²) >= 11 is 6.08. The van der Waals surface area contributed by atoms with Crippen LogP contribution in [-0.4, -0.2) is 21.5 Å². The minimum Gasteiger partial charge on any atom is -1.00 e. The van der Waals surface area contributed by atoms with Gasteiger partial charge in [-0.05, 0) is 12.1 Å². The van der Waals surface area contributed by atoms with E-state index >= 15 is 0 Å². The average molecular weight is 335 g/mol. The van der Waals surface area contributed by atoms with Crippen molar-refractivity contribution in [2.75, 3.05) is 13.1 Å². The number of nitrogens with one attached hydrogen (secondary N) is 1. The van der Waals surface area contributed by atoms with Gasteiger partial charge in [0.15, 0.2) is 0 Å². The number of quaternary nitrogens is 1. The second-order valence-electron chi connectivity index (χ2n) is 4.20. The number of hydrogen-bond acceptors (Lipinski definition) is 2. The van der Waals surface area contributed by atoms with Crippen LogP contribution in [0.15, 0.2) is 41.3 Å². The molecule has 0 bridgehead atoms. The molecule has 0 radical (unpaired) electrons. The maximum Gasteiger partial charge on any atom is 0.241 e. The van der Waals surface area contributed by atoms with Crippen molar-refractivity contribution in [3.8, 4) is 0 Å². The quantitative estimate of drug-likeness (QED) is 0.647. The second kappa shape index (κ2) is 7.24. The van der Waals surface area contributed by atoms with E-state index in [1.54, 1.807) is 30.3 Å². The standard InChI is InChI=1S/C13H15ClN2O2S.ClH/c14-12-6-1-5-11-10(12)4-2-7-13(11)19(17,18)16-9-3-8-15;/h1-2,4-7,16H,3,8-9,15H2;1H. The fourth-order valence-electron chi connectivity index (χ4n) is 1.89. The molecule has 0 aliphatic rings. The van der Waals surface area contributed by atoms with Gasteiger partial charge in [0.25, 0.3) is 0 Å². The molecule has 0 heterocycles.